The number of benzene rings is 2. The lowest BCUT2D eigenvalue weighted by Crippen LogP contribution is -2.17. The molecule has 3 heterocycles. The molecule has 0 fully saturated rings. The van der Waals surface area contributed by atoms with Crippen molar-refractivity contribution in [3.8, 4) is 18.9 Å². The molecule has 2 aliphatic carbocycles. The lowest BCUT2D eigenvalue weighted by Gasteiger charge is -2.14. The van der Waals surface area contributed by atoms with Gasteiger partial charge in [0.05, 0.1) is 52.0 Å². The van der Waals surface area contributed by atoms with E-state index in [1.807, 2.05) is 86.2 Å². The zero-order valence-electron chi connectivity index (χ0n) is 37.0. The van der Waals surface area contributed by atoms with Gasteiger partial charge in [-0.05, 0) is 132 Å². The molecule has 61 heavy (non-hydrogen) atoms. The van der Waals surface area contributed by atoms with Crippen molar-refractivity contribution in [1.82, 2.24) is 24.6 Å². The number of nitrogens with two attached hydrogens (primary N) is 2. The third-order valence-corrected chi connectivity index (χ3v) is 9.30. The number of fused-ring (bicyclic) bond motifs is 2. The van der Waals surface area contributed by atoms with Crippen molar-refractivity contribution in [3.05, 3.63) is 160 Å². The van der Waals surface area contributed by atoms with E-state index in [-0.39, 0.29) is 18.6 Å². The average Bonchev–Trinajstić information content (AvgIpc) is 3.77. The molecule has 12 nitrogen and oxygen atoms in total. The highest BCUT2D eigenvalue weighted by Crippen LogP contribution is 2.37. The molecule has 0 saturated carbocycles. The Morgan fingerprint density at radius 3 is 2.43 bits per heavy atom. The number of hydrogen-bond acceptors (Lipinski definition) is 9. The topological polar surface area (TPSA) is 194 Å². The average molecular weight is 822 g/mol. The number of aryl methyl sites for hydroxylation is 2. The summed E-state index contributed by atoms with van der Waals surface area (Å²) >= 11 is 0. The lowest BCUT2D eigenvalue weighted by atomic mass is 10.0. The van der Waals surface area contributed by atoms with Gasteiger partial charge in [-0.25, -0.2) is 4.98 Å². The number of allylic oxidation sites excluding steroid dienone is 11. The van der Waals surface area contributed by atoms with E-state index in [1.54, 1.807) is 6.07 Å². The van der Waals surface area contributed by atoms with Crippen LogP contribution in [0.4, 0.5) is 11.4 Å². The summed E-state index contributed by atoms with van der Waals surface area (Å²) in [6.45, 7) is 13.2. The number of aromatic amines is 1. The number of aliphatic hydroxyl groups excluding tert-OH is 1. The van der Waals surface area contributed by atoms with Crippen LogP contribution in [0, 0.1) is 43.4 Å². The van der Waals surface area contributed by atoms with Crippen molar-refractivity contribution < 1.29 is 5.11 Å². The van der Waals surface area contributed by atoms with Crippen LogP contribution in [0.15, 0.2) is 126 Å². The molecule has 0 bridgehead atoms. The van der Waals surface area contributed by atoms with Crippen LogP contribution in [0.25, 0.3) is 11.0 Å². The molecule has 0 radical (unpaired) electrons. The van der Waals surface area contributed by atoms with Gasteiger partial charge in [0, 0.05) is 19.2 Å². The quantitative estimate of drug-likeness (QED) is 0.0395. The lowest BCUT2D eigenvalue weighted by molar-refractivity contribution is 0.300. The summed E-state index contributed by atoms with van der Waals surface area (Å²) in [4.78, 5) is 9.66. The Balaban J connectivity index is 0.000000283. The number of aliphatic hydroxyl groups is 1. The molecule has 1 atom stereocenters. The van der Waals surface area contributed by atoms with Crippen LogP contribution < -0.4 is 22.1 Å². The number of nitrogens with zero attached hydrogens (tertiary/aromatic N) is 5. The molecule has 4 aromatic rings. The standard InChI is InChI=1S/C14H18N6.C13H16O.C11H12N4.C8H10.C2H2.CH5N/c1-7-8(2)19-20(3)12(7)14-17-10-5-4-9(13(15)16)6-11(10)18-14;1-3-12-5-4-6-13(8-7-12)11(2)9-10-14;1-15(2)7-11-13-9-4-3-8(6-12)5-10(9)14-11;1-8-6-4-2-3-5-7-8;2*1-2/h4-6,14,17-18H,1-3H3,(H3,15,16);5-8,14H,2-3,9-10H2,1H3;3-5H,7H2,1-2H3,(H,13,14);2-4,6-7H,5H2,1H3;1-2H;2H2,1H3. The van der Waals surface area contributed by atoms with Gasteiger partial charge in [-0.2, -0.15) is 10.4 Å². The fourth-order valence-corrected chi connectivity index (χ4v) is 6.07. The number of nitriles is 1. The summed E-state index contributed by atoms with van der Waals surface area (Å²) in [5.41, 5.74) is 26.3. The SMILES string of the molecule is C#C.C=C(CCO)C1=CC=C(CC)C=C=C1.CC1=CCC=CC=C1.CN.CN(C)Cc1nc2ccc(C#N)cc2[nH]1.Cc1nn(C)c(C2Nc3ccc(C(=N)N)cc3N2)c1C. The van der Waals surface area contributed by atoms with Gasteiger partial charge < -0.3 is 37.1 Å². The number of amidine groups is 1. The van der Waals surface area contributed by atoms with E-state index >= 15 is 0 Å². The number of nitrogen functional groups attached to an aromatic ring is 1. The van der Waals surface area contributed by atoms with Crippen LogP contribution in [-0.4, -0.2) is 63.3 Å². The Morgan fingerprint density at radius 2 is 1.80 bits per heavy atom. The third kappa shape index (κ3) is 15.6. The highest BCUT2D eigenvalue weighted by atomic mass is 16.3. The second-order valence-corrected chi connectivity index (χ2v) is 14.1. The van der Waals surface area contributed by atoms with Crippen molar-refractivity contribution in [2.75, 3.05) is 38.4 Å². The van der Waals surface area contributed by atoms with E-state index in [9.17, 15) is 0 Å². The zero-order chi connectivity index (χ0) is 45.5. The molecular weight excluding hydrogens is 759 g/mol. The van der Waals surface area contributed by atoms with Crippen LogP contribution >= 0.6 is 0 Å². The predicted octanol–water partition coefficient (Wildman–Crippen LogP) is 8.54. The summed E-state index contributed by atoms with van der Waals surface area (Å²) in [6.07, 6.45) is 29.3. The van der Waals surface area contributed by atoms with Gasteiger partial charge in [0.25, 0.3) is 0 Å². The molecule has 1 unspecified atom stereocenters. The molecule has 3 aliphatic rings. The largest absolute Gasteiger partial charge is 0.396 e. The van der Waals surface area contributed by atoms with Crippen LogP contribution in [0.2, 0.25) is 0 Å². The number of hydrogen-bond donors (Lipinski definition) is 7. The number of aromatic nitrogens is 4. The Morgan fingerprint density at radius 1 is 1.08 bits per heavy atom. The fourth-order valence-electron chi connectivity index (χ4n) is 6.07. The van der Waals surface area contributed by atoms with E-state index < -0.39 is 0 Å². The zero-order valence-corrected chi connectivity index (χ0v) is 37.0. The first kappa shape index (κ1) is 50.2. The summed E-state index contributed by atoms with van der Waals surface area (Å²) in [5.74, 6) is 0.996. The Bertz CT molecular complexity index is 2380. The fraction of sp³-hybridized carbons (Fsp3) is 0.286. The number of imidazole rings is 1. The minimum absolute atomic E-state index is 0.0154. The van der Waals surface area contributed by atoms with Crippen molar-refractivity contribution in [1.29, 1.82) is 10.7 Å². The molecule has 12 heteroatoms. The number of anilines is 2. The van der Waals surface area contributed by atoms with E-state index in [0.717, 1.165) is 75.7 Å². The number of nitrogens with one attached hydrogen (secondary N) is 4. The van der Waals surface area contributed by atoms with Crippen molar-refractivity contribution >= 4 is 28.2 Å². The first-order valence-corrected chi connectivity index (χ1v) is 19.9. The summed E-state index contributed by atoms with van der Waals surface area (Å²) in [5, 5.41) is 36.3. The Kier molecular flexibility index (Phi) is 21.6. The number of rotatable bonds is 8. The number of terminal acetylenes is 1. The van der Waals surface area contributed by atoms with E-state index in [4.69, 9.17) is 21.5 Å². The molecule has 9 N–H and O–H groups in total. The second kappa shape index (κ2) is 26.2. The second-order valence-electron chi connectivity index (χ2n) is 14.1. The molecule has 0 saturated heterocycles. The minimum Gasteiger partial charge on any atom is -0.396 e. The van der Waals surface area contributed by atoms with Gasteiger partial charge >= 0.3 is 0 Å². The smallest absolute Gasteiger partial charge is 0.141 e. The van der Waals surface area contributed by atoms with Gasteiger partial charge in [-0.15, -0.1) is 18.6 Å². The highest BCUT2D eigenvalue weighted by molar-refractivity contribution is 5.97. The van der Waals surface area contributed by atoms with Gasteiger partial charge in [0.2, 0.25) is 0 Å². The molecule has 0 spiro atoms. The maximum Gasteiger partial charge on any atom is 0.141 e. The van der Waals surface area contributed by atoms with Crippen molar-refractivity contribution in [2.45, 2.75) is 59.7 Å². The molecule has 7 rings (SSSR count). The Labute approximate surface area is 362 Å². The number of H-pyrrole nitrogens is 1. The summed E-state index contributed by atoms with van der Waals surface area (Å²) in [7, 11) is 7.43. The first-order valence-electron chi connectivity index (χ1n) is 19.9. The van der Waals surface area contributed by atoms with Gasteiger partial charge in [0.1, 0.15) is 17.8 Å². The molecule has 1 aliphatic heterocycles. The van der Waals surface area contributed by atoms with Gasteiger partial charge in [-0.1, -0.05) is 61.6 Å². The normalized spacial score (nSPS) is 13.9. The van der Waals surface area contributed by atoms with E-state index in [0.29, 0.717) is 12.0 Å². The van der Waals surface area contributed by atoms with Crippen LogP contribution in [0.1, 0.15) is 73.2 Å². The molecule has 320 valence electrons. The summed E-state index contributed by atoms with van der Waals surface area (Å²) < 4.78 is 1.90. The molecule has 2 aromatic heterocycles. The molecular formula is C49H63N11O. The van der Waals surface area contributed by atoms with Crippen molar-refractivity contribution in [3.63, 3.8) is 0 Å². The van der Waals surface area contributed by atoms with Gasteiger partial charge in [-0.3, -0.25) is 10.1 Å². The molecule has 2 aromatic carbocycles. The van der Waals surface area contributed by atoms with E-state index in [1.165, 1.54) is 23.8 Å². The monoisotopic (exact) mass is 822 g/mol. The highest BCUT2D eigenvalue weighted by Gasteiger charge is 2.26. The summed E-state index contributed by atoms with van der Waals surface area (Å²) in [6, 6.07) is 13.3. The first-order chi connectivity index (χ1) is 29.3. The van der Waals surface area contributed by atoms with Gasteiger partial charge in [0.15, 0.2) is 0 Å². The van der Waals surface area contributed by atoms with Crippen LogP contribution in [0.3, 0.4) is 0 Å². The predicted molar refractivity (Wildman–Crippen MR) is 255 cm³/mol. The maximum absolute atomic E-state index is 8.79. The van der Waals surface area contributed by atoms with Crippen LogP contribution in [-0.2, 0) is 13.6 Å². The maximum atomic E-state index is 8.79. The Hall–Kier alpha value is -6.92. The minimum atomic E-state index is -0.0154. The third-order valence-electron chi connectivity index (χ3n) is 9.30. The van der Waals surface area contributed by atoms with E-state index in [2.05, 4.69) is 120 Å². The van der Waals surface area contributed by atoms with Crippen LogP contribution in [0.5, 0.6) is 0 Å². The van der Waals surface area contributed by atoms with Crippen molar-refractivity contribution in [2.24, 2.45) is 18.5 Å². The molecule has 0 amide bonds.